The molecular weight excluding hydrogens is 280 g/mol. The standard InChI is InChI=1S/C22H40O/c1-3-5-7-8-17-23-22-12-9-11-21(18-22)20-15-13-19(14-16-20)10-6-4-2/h8,17,19-22H,3-7,9-16,18H2,1-2H3/b17-8+/t19?,20?,21-,22-/m1/s1. The largest absolute Gasteiger partial charge is 0.498 e. The van der Waals surface area contributed by atoms with E-state index in [1.165, 1.54) is 89.9 Å². The zero-order valence-corrected chi connectivity index (χ0v) is 15.8. The summed E-state index contributed by atoms with van der Waals surface area (Å²) >= 11 is 0. The highest BCUT2D eigenvalue weighted by atomic mass is 16.5. The van der Waals surface area contributed by atoms with Crippen molar-refractivity contribution in [2.45, 2.75) is 110 Å². The molecule has 1 heteroatoms. The van der Waals surface area contributed by atoms with Gasteiger partial charge in [-0.25, -0.2) is 0 Å². The van der Waals surface area contributed by atoms with Gasteiger partial charge in [-0.3, -0.25) is 0 Å². The molecule has 0 aromatic carbocycles. The molecule has 0 saturated heterocycles. The van der Waals surface area contributed by atoms with E-state index in [0.717, 1.165) is 17.8 Å². The summed E-state index contributed by atoms with van der Waals surface area (Å²) in [6.07, 6.45) is 24.2. The molecule has 0 unspecified atom stereocenters. The number of unbranched alkanes of at least 4 members (excludes halogenated alkanes) is 3. The van der Waals surface area contributed by atoms with Crippen molar-refractivity contribution in [3.63, 3.8) is 0 Å². The van der Waals surface area contributed by atoms with Crippen LogP contribution >= 0.6 is 0 Å². The Hall–Kier alpha value is -0.460. The molecular formula is C22H40O. The quantitative estimate of drug-likeness (QED) is 0.321. The van der Waals surface area contributed by atoms with Crippen molar-refractivity contribution in [1.82, 2.24) is 0 Å². The van der Waals surface area contributed by atoms with Gasteiger partial charge in [0, 0.05) is 0 Å². The Bertz CT molecular complexity index is 314. The molecule has 0 bridgehead atoms. The SMILES string of the molecule is CCCC/C=C/O[C@@H]1CCC[C@@H](C2CCC(CCCC)CC2)C1. The van der Waals surface area contributed by atoms with Gasteiger partial charge in [0.25, 0.3) is 0 Å². The lowest BCUT2D eigenvalue weighted by Gasteiger charge is -2.38. The first-order valence-corrected chi connectivity index (χ1v) is 10.6. The molecule has 134 valence electrons. The van der Waals surface area contributed by atoms with Crippen LogP contribution < -0.4 is 0 Å². The molecule has 2 aliphatic rings. The number of rotatable bonds is 9. The van der Waals surface area contributed by atoms with E-state index in [2.05, 4.69) is 19.9 Å². The Balaban J connectivity index is 1.66. The van der Waals surface area contributed by atoms with Crippen molar-refractivity contribution in [3.8, 4) is 0 Å². The van der Waals surface area contributed by atoms with Gasteiger partial charge >= 0.3 is 0 Å². The average Bonchev–Trinajstić information content (AvgIpc) is 2.60. The van der Waals surface area contributed by atoms with Crippen molar-refractivity contribution >= 4 is 0 Å². The summed E-state index contributed by atoms with van der Waals surface area (Å²) in [6, 6.07) is 0. The monoisotopic (exact) mass is 320 g/mol. The number of hydrogen-bond donors (Lipinski definition) is 0. The predicted molar refractivity (Wildman–Crippen MR) is 100 cm³/mol. The molecule has 0 spiro atoms. The Morgan fingerprint density at radius 1 is 0.870 bits per heavy atom. The molecule has 1 nitrogen and oxygen atoms in total. The summed E-state index contributed by atoms with van der Waals surface area (Å²) < 4.78 is 6.04. The van der Waals surface area contributed by atoms with E-state index >= 15 is 0 Å². The smallest absolute Gasteiger partial charge is 0.0981 e. The van der Waals surface area contributed by atoms with Crippen molar-refractivity contribution < 1.29 is 4.74 Å². The number of ether oxygens (including phenoxy) is 1. The minimum Gasteiger partial charge on any atom is -0.498 e. The second-order valence-corrected chi connectivity index (χ2v) is 8.12. The molecule has 2 rings (SSSR count). The van der Waals surface area contributed by atoms with E-state index in [9.17, 15) is 0 Å². The van der Waals surface area contributed by atoms with Crippen LogP contribution in [0.4, 0.5) is 0 Å². The maximum Gasteiger partial charge on any atom is 0.0981 e. The Morgan fingerprint density at radius 3 is 2.39 bits per heavy atom. The van der Waals surface area contributed by atoms with Crippen molar-refractivity contribution in [2.75, 3.05) is 0 Å². The molecule has 2 saturated carbocycles. The molecule has 2 fully saturated rings. The van der Waals surface area contributed by atoms with Crippen LogP contribution in [-0.2, 0) is 4.74 Å². The first kappa shape index (κ1) is 18.9. The summed E-state index contributed by atoms with van der Waals surface area (Å²) in [5.74, 6) is 3.00. The van der Waals surface area contributed by atoms with Gasteiger partial charge < -0.3 is 4.74 Å². The van der Waals surface area contributed by atoms with E-state index in [0.29, 0.717) is 6.10 Å². The average molecular weight is 321 g/mol. The van der Waals surface area contributed by atoms with Gasteiger partial charge in [-0.2, -0.15) is 0 Å². The van der Waals surface area contributed by atoms with Gasteiger partial charge in [0.05, 0.1) is 12.4 Å². The van der Waals surface area contributed by atoms with Gasteiger partial charge in [-0.15, -0.1) is 0 Å². The molecule has 0 heterocycles. The second-order valence-electron chi connectivity index (χ2n) is 8.12. The molecule has 0 N–H and O–H groups in total. The minimum atomic E-state index is 0.504. The molecule has 0 aromatic rings. The summed E-state index contributed by atoms with van der Waals surface area (Å²) in [5, 5.41) is 0. The molecule has 23 heavy (non-hydrogen) atoms. The van der Waals surface area contributed by atoms with Crippen molar-refractivity contribution in [2.24, 2.45) is 17.8 Å². The van der Waals surface area contributed by atoms with E-state index in [1.54, 1.807) is 0 Å². The summed E-state index contributed by atoms with van der Waals surface area (Å²) in [6.45, 7) is 4.57. The highest BCUT2D eigenvalue weighted by molar-refractivity contribution is 4.84. The summed E-state index contributed by atoms with van der Waals surface area (Å²) in [4.78, 5) is 0. The molecule has 2 atom stereocenters. The van der Waals surface area contributed by atoms with Gasteiger partial charge in [0.15, 0.2) is 0 Å². The lowest BCUT2D eigenvalue weighted by Crippen LogP contribution is -2.29. The molecule has 2 aliphatic carbocycles. The summed E-state index contributed by atoms with van der Waals surface area (Å²) in [7, 11) is 0. The first-order chi connectivity index (χ1) is 11.3. The fourth-order valence-corrected chi connectivity index (χ4v) is 4.73. The number of hydrogen-bond acceptors (Lipinski definition) is 1. The maximum atomic E-state index is 6.04. The van der Waals surface area contributed by atoms with Crippen molar-refractivity contribution in [3.05, 3.63) is 12.3 Å². The zero-order valence-electron chi connectivity index (χ0n) is 15.8. The van der Waals surface area contributed by atoms with Gasteiger partial charge in [-0.05, 0) is 75.2 Å². The van der Waals surface area contributed by atoms with E-state index in [-0.39, 0.29) is 0 Å². The third-order valence-corrected chi connectivity index (χ3v) is 6.28. The maximum absolute atomic E-state index is 6.04. The van der Waals surface area contributed by atoms with Crippen LogP contribution in [0.3, 0.4) is 0 Å². The summed E-state index contributed by atoms with van der Waals surface area (Å²) in [5.41, 5.74) is 0. The van der Waals surface area contributed by atoms with Crippen LogP contribution in [-0.4, -0.2) is 6.10 Å². The van der Waals surface area contributed by atoms with Crippen LogP contribution in [0.2, 0.25) is 0 Å². The Morgan fingerprint density at radius 2 is 1.65 bits per heavy atom. The highest BCUT2D eigenvalue weighted by Gasteiger charge is 2.31. The molecule has 0 amide bonds. The van der Waals surface area contributed by atoms with E-state index < -0.39 is 0 Å². The van der Waals surface area contributed by atoms with E-state index in [4.69, 9.17) is 4.74 Å². The van der Waals surface area contributed by atoms with Crippen LogP contribution in [0, 0.1) is 17.8 Å². The fraction of sp³-hybridized carbons (Fsp3) is 0.909. The normalized spacial score (nSPS) is 32.3. The fourth-order valence-electron chi connectivity index (χ4n) is 4.73. The van der Waals surface area contributed by atoms with Gasteiger partial charge in [0.1, 0.15) is 0 Å². The first-order valence-electron chi connectivity index (χ1n) is 10.6. The zero-order chi connectivity index (χ0) is 16.3. The van der Waals surface area contributed by atoms with Gasteiger partial charge in [-0.1, -0.05) is 52.4 Å². The predicted octanol–water partition coefficient (Wildman–Crippen LogP) is 7.26. The van der Waals surface area contributed by atoms with Crippen LogP contribution in [0.25, 0.3) is 0 Å². The van der Waals surface area contributed by atoms with Crippen LogP contribution in [0.5, 0.6) is 0 Å². The number of allylic oxidation sites excluding steroid dienone is 1. The second kappa shape index (κ2) is 11.2. The van der Waals surface area contributed by atoms with Crippen molar-refractivity contribution in [1.29, 1.82) is 0 Å². The topological polar surface area (TPSA) is 9.23 Å². The highest BCUT2D eigenvalue weighted by Crippen LogP contribution is 2.41. The minimum absolute atomic E-state index is 0.504. The van der Waals surface area contributed by atoms with Crippen LogP contribution in [0.15, 0.2) is 12.3 Å². The Labute approximate surface area is 145 Å². The lowest BCUT2D eigenvalue weighted by atomic mass is 9.70. The van der Waals surface area contributed by atoms with Gasteiger partial charge in [0.2, 0.25) is 0 Å². The Kier molecular flexibility index (Phi) is 9.15. The van der Waals surface area contributed by atoms with E-state index in [1.807, 2.05) is 6.26 Å². The van der Waals surface area contributed by atoms with Crippen LogP contribution in [0.1, 0.15) is 104 Å². The third-order valence-electron chi connectivity index (χ3n) is 6.28. The molecule has 0 aromatic heterocycles. The molecule has 0 radical (unpaired) electrons. The lowest BCUT2D eigenvalue weighted by molar-refractivity contribution is 0.0510. The molecule has 0 aliphatic heterocycles. The third kappa shape index (κ3) is 6.89.